The van der Waals surface area contributed by atoms with Crippen molar-refractivity contribution in [1.29, 1.82) is 0 Å². The van der Waals surface area contributed by atoms with Crippen LogP contribution in [-0.4, -0.2) is 66.3 Å². The topological polar surface area (TPSA) is 95.7 Å². The van der Waals surface area contributed by atoms with E-state index in [0.29, 0.717) is 26.2 Å². The Hall–Kier alpha value is -1.63. The minimum absolute atomic E-state index is 0.0319. The molecular weight excluding hydrogens is 320 g/mol. The minimum Gasteiger partial charge on any atom is -0.346 e. The smallest absolute Gasteiger partial charge is 0.242 e. The summed E-state index contributed by atoms with van der Waals surface area (Å²) in [6.45, 7) is 5.94. The van der Waals surface area contributed by atoms with Crippen LogP contribution in [0.4, 0.5) is 0 Å². The fourth-order valence-electron chi connectivity index (χ4n) is 3.48. The summed E-state index contributed by atoms with van der Waals surface area (Å²) in [6.07, 6.45) is 5.53. The van der Waals surface area contributed by atoms with Gasteiger partial charge in [0.05, 0.1) is 12.6 Å². The van der Waals surface area contributed by atoms with E-state index in [-0.39, 0.29) is 36.1 Å². The fraction of sp³-hybridized carbons (Fsp3) is 0.833. The average molecular weight is 352 g/mol. The molecule has 0 bridgehead atoms. The summed E-state index contributed by atoms with van der Waals surface area (Å²) in [7, 11) is 0. The largest absolute Gasteiger partial charge is 0.346 e. The third-order valence-electron chi connectivity index (χ3n) is 5.33. The Morgan fingerprint density at radius 1 is 1.00 bits per heavy atom. The number of nitrogens with one attached hydrogen (secondary N) is 1. The summed E-state index contributed by atoms with van der Waals surface area (Å²) >= 11 is 0. The SMILES string of the molecule is CC(C)[C@H](N)C(=O)NCC(=O)N1CCN(C(=O)C2CCCCC2)CC1. The maximum Gasteiger partial charge on any atom is 0.242 e. The van der Waals surface area contributed by atoms with Crippen molar-refractivity contribution in [2.24, 2.45) is 17.6 Å². The normalized spacial score (nSPS) is 20.5. The van der Waals surface area contributed by atoms with Gasteiger partial charge >= 0.3 is 0 Å². The van der Waals surface area contributed by atoms with Crippen molar-refractivity contribution in [2.75, 3.05) is 32.7 Å². The highest BCUT2D eigenvalue weighted by molar-refractivity contribution is 5.87. The number of nitrogens with two attached hydrogens (primary N) is 1. The summed E-state index contributed by atoms with van der Waals surface area (Å²) in [6, 6.07) is -0.599. The van der Waals surface area contributed by atoms with E-state index < -0.39 is 6.04 Å². The van der Waals surface area contributed by atoms with Gasteiger partial charge in [-0.15, -0.1) is 0 Å². The Morgan fingerprint density at radius 2 is 1.56 bits per heavy atom. The second-order valence-corrected chi connectivity index (χ2v) is 7.53. The Morgan fingerprint density at radius 3 is 2.12 bits per heavy atom. The third-order valence-corrected chi connectivity index (χ3v) is 5.33. The van der Waals surface area contributed by atoms with E-state index in [9.17, 15) is 14.4 Å². The van der Waals surface area contributed by atoms with E-state index in [1.807, 2.05) is 18.7 Å². The lowest BCUT2D eigenvalue weighted by Gasteiger charge is -2.37. The number of hydrogen-bond acceptors (Lipinski definition) is 4. The number of hydrogen-bond donors (Lipinski definition) is 2. The van der Waals surface area contributed by atoms with Crippen LogP contribution in [0.15, 0.2) is 0 Å². The van der Waals surface area contributed by atoms with Gasteiger partial charge in [0.15, 0.2) is 0 Å². The zero-order chi connectivity index (χ0) is 18.4. The lowest BCUT2D eigenvalue weighted by atomic mass is 9.88. The highest BCUT2D eigenvalue weighted by atomic mass is 16.2. The predicted octanol–water partition coefficient (Wildman–Crippen LogP) is 0.337. The van der Waals surface area contributed by atoms with Gasteiger partial charge in [-0.05, 0) is 18.8 Å². The lowest BCUT2D eigenvalue weighted by Crippen LogP contribution is -2.54. The summed E-state index contributed by atoms with van der Waals surface area (Å²) < 4.78 is 0. The molecule has 2 aliphatic rings. The van der Waals surface area contributed by atoms with Gasteiger partial charge in [0.1, 0.15) is 0 Å². The molecule has 7 heteroatoms. The van der Waals surface area contributed by atoms with Crippen LogP contribution in [-0.2, 0) is 14.4 Å². The molecule has 1 saturated carbocycles. The van der Waals surface area contributed by atoms with E-state index in [1.54, 1.807) is 4.90 Å². The number of carbonyl (C=O) groups is 3. The van der Waals surface area contributed by atoms with Gasteiger partial charge < -0.3 is 20.9 Å². The molecule has 7 nitrogen and oxygen atoms in total. The van der Waals surface area contributed by atoms with E-state index >= 15 is 0 Å². The van der Waals surface area contributed by atoms with Crippen molar-refractivity contribution in [3.63, 3.8) is 0 Å². The predicted molar refractivity (Wildman–Crippen MR) is 95.6 cm³/mol. The number of carbonyl (C=O) groups excluding carboxylic acids is 3. The first-order valence-electron chi connectivity index (χ1n) is 9.50. The highest BCUT2D eigenvalue weighted by Gasteiger charge is 2.29. The second kappa shape index (κ2) is 9.17. The van der Waals surface area contributed by atoms with E-state index in [4.69, 9.17) is 5.73 Å². The molecular formula is C18H32N4O3. The standard InChI is InChI=1S/C18H32N4O3/c1-13(2)16(19)17(24)20-12-15(23)21-8-10-22(11-9-21)18(25)14-6-4-3-5-7-14/h13-14,16H,3-12,19H2,1-2H3,(H,20,24)/t16-/m0/s1. The van der Waals surface area contributed by atoms with Crippen LogP contribution in [0.2, 0.25) is 0 Å². The van der Waals surface area contributed by atoms with Crippen molar-refractivity contribution >= 4 is 17.7 Å². The molecule has 0 radical (unpaired) electrons. The lowest BCUT2D eigenvalue weighted by molar-refractivity contribution is -0.142. The number of piperazine rings is 1. The summed E-state index contributed by atoms with van der Waals surface area (Å²) in [5.41, 5.74) is 5.77. The number of amides is 3. The molecule has 0 aromatic rings. The van der Waals surface area contributed by atoms with Gasteiger partial charge in [0.2, 0.25) is 17.7 Å². The summed E-state index contributed by atoms with van der Waals surface area (Å²) in [5, 5.41) is 2.61. The molecule has 1 saturated heterocycles. The minimum atomic E-state index is -0.599. The van der Waals surface area contributed by atoms with Crippen molar-refractivity contribution in [1.82, 2.24) is 15.1 Å². The van der Waals surface area contributed by atoms with E-state index in [0.717, 1.165) is 25.7 Å². The first-order chi connectivity index (χ1) is 11.9. The van der Waals surface area contributed by atoms with Crippen LogP contribution in [0.3, 0.4) is 0 Å². The maximum absolute atomic E-state index is 12.5. The molecule has 0 unspecified atom stereocenters. The first kappa shape index (κ1) is 19.7. The number of rotatable bonds is 5. The zero-order valence-corrected chi connectivity index (χ0v) is 15.5. The molecule has 3 N–H and O–H groups in total. The molecule has 1 heterocycles. The Kier molecular flexibility index (Phi) is 7.23. The van der Waals surface area contributed by atoms with Gasteiger partial charge in [-0.3, -0.25) is 14.4 Å². The molecule has 1 atom stereocenters. The number of nitrogens with zero attached hydrogens (tertiary/aromatic N) is 2. The van der Waals surface area contributed by atoms with E-state index in [1.165, 1.54) is 6.42 Å². The summed E-state index contributed by atoms with van der Waals surface area (Å²) in [4.78, 5) is 40.2. The molecule has 0 aromatic carbocycles. The Labute approximate surface area is 150 Å². The van der Waals surface area contributed by atoms with Gasteiger partial charge in [-0.1, -0.05) is 33.1 Å². The fourth-order valence-corrected chi connectivity index (χ4v) is 3.48. The van der Waals surface area contributed by atoms with Crippen molar-refractivity contribution in [3.05, 3.63) is 0 Å². The second-order valence-electron chi connectivity index (χ2n) is 7.53. The Bertz CT molecular complexity index is 481. The van der Waals surface area contributed by atoms with Crippen LogP contribution in [0.5, 0.6) is 0 Å². The molecule has 0 aromatic heterocycles. The first-order valence-corrected chi connectivity index (χ1v) is 9.50. The molecule has 1 aliphatic carbocycles. The molecule has 2 fully saturated rings. The molecule has 1 aliphatic heterocycles. The van der Waals surface area contributed by atoms with Crippen LogP contribution in [0.1, 0.15) is 46.0 Å². The van der Waals surface area contributed by atoms with Crippen LogP contribution in [0.25, 0.3) is 0 Å². The summed E-state index contributed by atoms with van der Waals surface area (Å²) in [5.74, 6) is 0.0452. The quantitative estimate of drug-likeness (QED) is 0.746. The molecule has 3 amide bonds. The molecule has 142 valence electrons. The highest BCUT2D eigenvalue weighted by Crippen LogP contribution is 2.25. The van der Waals surface area contributed by atoms with Gasteiger partial charge in [0, 0.05) is 32.1 Å². The maximum atomic E-state index is 12.5. The van der Waals surface area contributed by atoms with Crippen LogP contribution < -0.4 is 11.1 Å². The van der Waals surface area contributed by atoms with Gasteiger partial charge in [-0.25, -0.2) is 0 Å². The third kappa shape index (κ3) is 5.42. The Balaban J connectivity index is 1.72. The molecule has 25 heavy (non-hydrogen) atoms. The van der Waals surface area contributed by atoms with Crippen molar-refractivity contribution in [2.45, 2.75) is 52.0 Å². The van der Waals surface area contributed by atoms with Crippen LogP contribution >= 0.6 is 0 Å². The average Bonchev–Trinajstić information content (AvgIpc) is 2.65. The van der Waals surface area contributed by atoms with Gasteiger partial charge in [-0.2, -0.15) is 0 Å². The molecule has 2 rings (SSSR count). The van der Waals surface area contributed by atoms with E-state index in [2.05, 4.69) is 5.32 Å². The molecule has 0 spiro atoms. The monoisotopic (exact) mass is 352 g/mol. The zero-order valence-electron chi connectivity index (χ0n) is 15.5. The van der Waals surface area contributed by atoms with Crippen LogP contribution in [0, 0.1) is 11.8 Å². The van der Waals surface area contributed by atoms with Gasteiger partial charge in [0.25, 0.3) is 0 Å². The van der Waals surface area contributed by atoms with Crippen molar-refractivity contribution in [3.8, 4) is 0 Å². The van der Waals surface area contributed by atoms with Crippen molar-refractivity contribution < 1.29 is 14.4 Å².